The first kappa shape index (κ1) is 25.7. The maximum Gasteiger partial charge on any atom is 0.0887 e. The third kappa shape index (κ3) is 6.30. The van der Waals surface area contributed by atoms with Gasteiger partial charge in [-0.25, -0.2) is 0 Å². The molecule has 0 amide bonds. The predicted octanol–water partition coefficient (Wildman–Crippen LogP) is 5.19. The fraction of sp³-hybridized carbons (Fsp3) is 0.600. The van der Waals surface area contributed by atoms with Crippen LogP contribution in [0.4, 0.5) is 0 Å². The number of aryl methyl sites for hydroxylation is 1. The van der Waals surface area contributed by atoms with Gasteiger partial charge >= 0.3 is 0 Å². The lowest BCUT2D eigenvalue weighted by molar-refractivity contribution is -0.921. The van der Waals surface area contributed by atoms with E-state index in [0.717, 1.165) is 40.2 Å². The molecule has 0 aliphatic carbocycles. The maximum atomic E-state index is 9.18. The molecule has 3 unspecified atom stereocenters. The number of quaternary nitrogens is 1. The van der Waals surface area contributed by atoms with Gasteiger partial charge in [-0.05, 0) is 69.5 Å². The van der Waals surface area contributed by atoms with Gasteiger partial charge in [0.2, 0.25) is 0 Å². The van der Waals surface area contributed by atoms with Gasteiger partial charge in [0.1, 0.15) is 0 Å². The van der Waals surface area contributed by atoms with Crippen LogP contribution in [0.15, 0.2) is 58.3 Å². The van der Waals surface area contributed by atoms with E-state index in [1.165, 1.54) is 66.7 Å². The molecule has 0 saturated carbocycles. The number of hydrogen-bond donors (Lipinski definition) is 2. The number of piperidine rings is 2. The van der Waals surface area contributed by atoms with Gasteiger partial charge in [-0.2, -0.15) is 0 Å². The molecule has 4 aliphatic rings. The number of fused-ring (bicyclic) bond motifs is 4. The van der Waals surface area contributed by atoms with Crippen LogP contribution >= 0.6 is 23.5 Å². The van der Waals surface area contributed by atoms with E-state index in [9.17, 15) is 5.11 Å². The van der Waals surface area contributed by atoms with Crippen molar-refractivity contribution in [3.8, 4) is 0 Å². The topological polar surface area (TPSA) is 27.9 Å². The molecule has 4 aliphatic heterocycles. The number of hydrogen-bond acceptors (Lipinski definition) is 4. The van der Waals surface area contributed by atoms with Crippen molar-refractivity contribution in [1.29, 1.82) is 0 Å². The molecule has 3 nitrogen and oxygen atoms in total. The molecule has 0 aromatic heterocycles. The number of aliphatic hydroxyl groups is 1. The van der Waals surface area contributed by atoms with Crippen molar-refractivity contribution >= 4 is 23.5 Å². The van der Waals surface area contributed by atoms with Gasteiger partial charge in [-0.1, -0.05) is 29.8 Å². The average molecular weight is 512 g/mol. The smallest absolute Gasteiger partial charge is 0.0887 e. The highest BCUT2D eigenvalue weighted by atomic mass is 32.2. The van der Waals surface area contributed by atoms with Crippen LogP contribution in [0.1, 0.15) is 62.5 Å². The van der Waals surface area contributed by atoms with E-state index in [-0.39, 0.29) is 6.61 Å². The highest BCUT2D eigenvalue weighted by Crippen LogP contribution is 2.41. The Morgan fingerprint density at radius 3 is 2.00 bits per heavy atom. The number of rotatable bonds is 5. The van der Waals surface area contributed by atoms with E-state index in [4.69, 9.17) is 0 Å². The molecule has 6 rings (SSSR count). The predicted molar refractivity (Wildman–Crippen MR) is 150 cm³/mol. The Kier molecular flexibility index (Phi) is 8.51. The van der Waals surface area contributed by atoms with Crippen molar-refractivity contribution in [2.45, 2.75) is 109 Å². The van der Waals surface area contributed by atoms with E-state index >= 15 is 0 Å². The third-order valence-corrected chi connectivity index (χ3v) is 11.5. The summed E-state index contributed by atoms with van der Waals surface area (Å²) in [7, 11) is 4.69. The second-order valence-corrected chi connectivity index (χ2v) is 14.1. The van der Waals surface area contributed by atoms with E-state index in [0.29, 0.717) is 0 Å². The summed E-state index contributed by atoms with van der Waals surface area (Å²) in [5, 5.41) is 10.8. The zero-order valence-corrected chi connectivity index (χ0v) is 23.3. The Bertz CT molecular complexity index is 956. The summed E-state index contributed by atoms with van der Waals surface area (Å²) >= 11 is 4.12. The van der Waals surface area contributed by atoms with Crippen LogP contribution in [0.5, 0.6) is 0 Å². The van der Waals surface area contributed by atoms with Gasteiger partial charge in [0.25, 0.3) is 0 Å². The minimum absolute atomic E-state index is 0.146. The number of benzene rings is 2. The molecule has 5 heteroatoms. The molecule has 4 fully saturated rings. The Hall–Kier alpha value is -0.980. The fourth-order valence-electron chi connectivity index (χ4n) is 6.87. The van der Waals surface area contributed by atoms with Crippen LogP contribution in [-0.2, 0) is 6.61 Å². The van der Waals surface area contributed by atoms with Crippen LogP contribution in [0.25, 0.3) is 0 Å². The van der Waals surface area contributed by atoms with Gasteiger partial charge in [-0.3, -0.25) is 0 Å². The van der Waals surface area contributed by atoms with Gasteiger partial charge in [0.15, 0.2) is 0 Å². The van der Waals surface area contributed by atoms with Crippen LogP contribution in [0.3, 0.4) is 0 Å². The largest absolute Gasteiger partial charge is 0.392 e. The van der Waals surface area contributed by atoms with Crippen LogP contribution in [0.2, 0.25) is 0 Å². The number of aliphatic hydroxyl groups excluding tert-OH is 1. The first-order valence-electron chi connectivity index (χ1n) is 13.6. The molecule has 0 radical (unpaired) electrons. The Morgan fingerprint density at radius 1 is 0.829 bits per heavy atom. The Labute approximate surface area is 221 Å². The lowest BCUT2D eigenvalue weighted by Crippen LogP contribution is -3.15. The normalized spacial score (nSPS) is 33.9. The minimum Gasteiger partial charge on any atom is -0.392 e. The highest BCUT2D eigenvalue weighted by molar-refractivity contribution is 8.00. The number of nitrogens with zero attached hydrogens (tertiary/aromatic N) is 1. The van der Waals surface area contributed by atoms with Gasteiger partial charge in [0, 0.05) is 58.1 Å². The summed E-state index contributed by atoms with van der Waals surface area (Å²) in [6.07, 6.45) is 11.2. The number of nitrogens with one attached hydrogen (secondary N) is 1. The number of thioether (sulfide) groups is 2. The molecule has 2 aromatic carbocycles. The van der Waals surface area contributed by atoms with Crippen molar-refractivity contribution in [2.75, 3.05) is 14.1 Å². The minimum atomic E-state index is 0.146. The van der Waals surface area contributed by atoms with Gasteiger partial charge in [0.05, 0.1) is 25.7 Å². The molecule has 2 aromatic rings. The molecule has 2 N–H and O–H groups in total. The standard InChI is InChI=1S/C15H21NOS.C15H21NS/c1-16-12-5-6-13(16)9-15(8-12)18-14-4-2-3-11(7-14)10-17;1-11-4-3-5-14(8-11)17-15-9-12-6-7-13(10-15)16(12)2/h2-4,7,12-13,15,17H,5-6,8-10H2,1H3;3-5,8,12-13,15H,6-7,9-10H2,1-2H3/p+1/t2*12-,13+,15?. The molecular formula is C30H43N2OS2+. The van der Waals surface area contributed by atoms with Crippen LogP contribution in [0, 0.1) is 6.92 Å². The maximum absolute atomic E-state index is 9.18. The van der Waals surface area contributed by atoms with E-state index in [1.807, 2.05) is 22.7 Å². The average Bonchev–Trinajstić information content (AvgIpc) is 3.17. The van der Waals surface area contributed by atoms with Crippen molar-refractivity contribution in [1.82, 2.24) is 4.90 Å². The van der Waals surface area contributed by atoms with Gasteiger partial charge in [-0.15, -0.1) is 23.5 Å². The summed E-state index contributed by atoms with van der Waals surface area (Å²) in [5.41, 5.74) is 2.41. The first-order chi connectivity index (χ1) is 17.0. The zero-order valence-electron chi connectivity index (χ0n) is 21.7. The van der Waals surface area contributed by atoms with Crippen molar-refractivity contribution in [2.24, 2.45) is 0 Å². The Morgan fingerprint density at radius 2 is 1.40 bits per heavy atom. The van der Waals surface area contributed by atoms with E-state index < -0.39 is 0 Å². The first-order valence-corrected chi connectivity index (χ1v) is 15.4. The van der Waals surface area contributed by atoms with Gasteiger partial charge < -0.3 is 14.9 Å². The summed E-state index contributed by atoms with van der Waals surface area (Å²) in [5.74, 6) is 0. The summed E-state index contributed by atoms with van der Waals surface area (Å²) in [6.45, 7) is 2.33. The molecule has 4 heterocycles. The lowest BCUT2D eigenvalue weighted by atomic mass is 10.0. The summed E-state index contributed by atoms with van der Waals surface area (Å²) in [4.78, 5) is 7.18. The third-order valence-electron chi connectivity index (χ3n) is 8.98. The Balaban J connectivity index is 0.000000145. The molecular weight excluding hydrogens is 468 g/mol. The summed E-state index contributed by atoms with van der Waals surface area (Å²) < 4.78 is 0. The monoisotopic (exact) mass is 511 g/mol. The molecule has 4 bridgehead atoms. The highest BCUT2D eigenvalue weighted by Gasteiger charge is 2.42. The molecule has 190 valence electrons. The zero-order chi connectivity index (χ0) is 24.4. The van der Waals surface area contributed by atoms with E-state index in [2.05, 4.69) is 80.1 Å². The fourth-order valence-corrected chi connectivity index (χ4v) is 9.73. The van der Waals surface area contributed by atoms with Crippen LogP contribution < -0.4 is 4.90 Å². The van der Waals surface area contributed by atoms with Crippen molar-refractivity contribution in [3.63, 3.8) is 0 Å². The van der Waals surface area contributed by atoms with Crippen LogP contribution in [-0.4, -0.2) is 58.8 Å². The molecule has 35 heavy (non-hydrogen) atoms. The van der Waals surface area contributed by atoms with Crippen molar-refractivity contribution in [3.05, 3.63) is 59.7 Å². The molecule has 4 saturated heterocycles. The molecule has 0 spiro atoms. The second kappa shape index (κ2) is 11.6. The second-order valence-electron chi connectivity index (χ2n) is 11.3. The SMILES string of the molecule is CN1[C@@H]2CC[C@H]1CC(Sc1cccc(CO)c1)C2.Cc1cccc(SC2C[C@H]3CC[C@@H](C2)[NH+]3C)c1. The summed E-state index contributed by atoms with van der Waals surface area (Å²) in [6, 6.07) is 20.8. The lowest BCUT2D eigenvalue weighted by Gasteiger charge is -2.36. The molecule has 7 atom stereocenters. The van der Waals surface area contributed by atoms with E-state index in [1.54, 1.807) is 0 Å². The van der Waals surface area contributed by atoms with Crippen molar-refractivity contribution < 1.29 is 10.0 Å². The quantitative estimate of drug-likeness (QED) is 0.578.